The van der Waals surface area contributed by atoms with Crippen molar-refractivity contribution in [3.63, 3.8) is 0 Å². The van der Waals surface area contributed by atoms with E-state index in [4.69, 9.17) is 17.2 Å². The SMILES string of the molecule is CC1=[C]([Hf]([Cl])[Cl])C2=CC=C[C](=[Ge]([CH3])[CH3])C(C)C2=C1C1=CC([Si](C)(C)C)=CC1. The number of hydrogen-bond donors (Lipinski definition) is 0. The van der Waals surface area contributed by atoms with Gasteiger partial charge in [0.05, 0.1) is 0 Å². The molecule has 1 unspecified atom stereocenters. The molecule has 0 saturated heterocycles. The molecule has 0 aromatic carbocycles. The minimum atomic E-state index is -2.73. The average molecular weight is 644 g/mol. The molecule has 0 aromatic heterocycles. The van der Waals surface area contributed by atoms with Crippen LogP contribution in [0.5, 0.6) is 0 Å². The zero-order valence-corrected chi connectivity index (χ0v) is 25.6. The van der Waals surface area contributed by atoms with Crippen molar-refractivity contribution in [1.82, 2.24) is 0 Å². The van der Waals surface area contributed by atoms with Crippen molar-refractivity contribution >= 4 is 43.5 Å². The van der Waals surface area contributed by atoms with Gasteiger partial charge in [-0.1, -0.05) is 0 Å². The molecule has 27 heavy (non-hydrogen) atoms. The average Bonchev–Trinajstić information content (AvgIpc) is 3.08. The Morgan fingerprint density at radius 1 is 1.19 bits per heavy atom. The first-order chi connectivity index (χ1) is 12.5. The van der Waals surface area contributed by atoms with Crippen LogP contribution in [0.2, 0.25) is 31.2 Å². The number of hydrogen-bond acceptors (Lipinski definition) is 0. The molecule has 0 aliphatic heterocycles. The Morgan fingerprint density at radius 3 is 2.37 bits per heavy atom. The van der Waals surface area contributed by atoms with Crippen LogP contribution in [0.25, 0.3) is 0 Å². The molecule has 5 heteroatoms. The molecule has 0 spiro atoms. The topological polar surface area (TPSA) is 0 Å². The zero-order chi connectivity index (χ0) is 20.1. The van der Waals surface area contributed by atoms with Gasteiger partial charge in [-0.05, 0) is 0 Å². The summed E-state index contributed by atoms with van der Waals surface area (Å²) in [7, 11) is 12.1. The molecule has 143 valence electrons. The summed E-state index contributed by atoms with van der Waals surface area (Å²) in [4.78, 5) is 0. The molecule has 0 amide bonds. The van der Waals surface area contributed by atoms with Gasteiger partial charge in [-0.15, -0.1) is 0 Å². The predicted octanol–water partition coefficient (Wildman–Crippen LogP) is 7.27. The van der Waals surface area contributed by atoms with Crippen LogP contribution in [0.3, 0.4) is 0 Å². The van der Waals surface area contributed by atoms with Crippen molar-refractivity contribution in [3.8, 4) is 0 Å². The molecule has 3 rings (SSSR count). The normalized spacial score (nSPS) is 22.6. The van der Waals surface area contributed by atoms with Crippen LogP contribution in [0.1, 0.15) is 20.3 Å². The molecular weight excluding hydrogens is 614 g/mol. The molecule has 3 aliphatic carbocycles. The van der Waals surface area contributed by atoms with Crippen molar-refractivity contribution in [3.05, 3.63) is 66.8 Å². The van der Waals surface area contributed by atoms with E-state index in [-0.39, 0.29) is 0 Å². The maximum atomic E-state index is 6.68. The van der Waals surface area contributed by atoms with E-state index in [1.54, 1.807) is 9.55 Å². The molecule has 0 radical (unpaired) electrons. The first-order valence-electron chi connectivity index (χ1n) is 9.65. The summed E-state index contributed by atoms with van der Waals surface area (Å²) in [6.07, 6.45) is 12.9. The van der Waals surface area contributed by atoms with Gasteiger partial charge in [-0.3, -0.25) is 0 Å². The summed E-state index contributed by atoms with van der Waals surface area (Å²) < 4.78 is 2.98. The van der Waals surface area contributed by atoms with Gasteiger partial charge in [0.1, 0.15) is 0 Å². The van der Waals surface area contributed by atoms with E-state index in [0.29, 0.717) is 5.92 Å². The van der Waals surface area contributed by atoms with E-state index in [0.717, 1.165) is 6.42 Å². The number of fused-ring (bicyclic) bond motifs is 1. The standard InChI is InChI=1S/C22H29GeSi.2ClH.Hf/c1-15-13-17-9-8-10-20(23(3)4)16(2)22(17)21(15)18-11-12-19(14-18)24(5,6)7;;;/h8-10,12,14,16H,11H2,1-7H3;2*1H;/q;;;+2/p-2. The molecule has 0 N–H and O–H groups in total. The van der Waals surface area contributed by atoms with Crippen molar-refractivity contribution < 1.29 is 19.1 Å². The predicted molar refractivity (Wildman–Crippen MR) is 124 cm³/mol. The quantitative estimate of drug-likeness (QED) is 0.284. The van der Waals surface area contributed by atoms with E-state index in [1.807, 2.05) is 0 Å². The second-order valence-corrected chi connectivity index (χ2v) is 30.9. The summed E-state index contributed by atoms with van der Waals surface area (Å²) in [5.41, 5.74) is 7.20. The van der Waals surface area contributed by atoms with Crippen molar-refractivity contribution in [2.45, 2.75) is 51.4 Å². The fraction of sp³-hybridized carbons (Fsp3) is 0.409. The van der Waals surface area contributed by atoms with Crippen LogP contribution in [0.4, 0.5) is 0 Å². The molecule has 1 atom stereocenters. The molecule has 0 aromatic rings. The maximum absolute atomic E-state index is 6.68. The van der Waals surface area contributed by atoms with E-state index >= 15 is 0 Å². The summed E-state index contributed by atoms with van der Waals surface area (Å²) in [6, 6.07) is 0. The molecular formula is C22H29Cl2GeHfSi. The Morgan fingerprint density at radius 2 is 1.85 bits per heavy atom. The monoisotopic (exact) mass is 645 g/mol. The summed E-state index contributed by atoms with van der Waals surface area (Å²) in [5.74, 6) is 5.39. The van der Waals surface area contributed by atoms with Crippen molar-refractivity contribution in [1.29, 1.82) is 0 Å². The second-order valence-electron chi connectivity index (χ2n) is 8.95. The van der Waals surface area contributed by atoms with Gasteiger partial charge < -0.3 is 0 Å². The van der Waals surface area contributed by atoms with E-state index in [2.05, 4.69) is 75.4 Å². The third kappa shape index (κ3) is 4.21. The first-order valence-corrected chi connectivity index (χ1v) is 29.1. The van der Waals surface area contributed by atoms with Gasteiger partial charge in [-0.25, -0.2) is 0 Å². The molecule has 3 aliphatic rings. The molecule has 0 fully saturated rings. The minimum absolute atomic E-state index is 0.471. The van der Waals surface area contributed by atoms with Gasteiger partial charge in [0, 0.05) is 0 Å². The number of allylic oxidation sites excluding steroid dienone is 12. The van der Waals surface area contributed by atoms with Gasteiger partial charge in [0.25, 0.3) is 0 Å². The summed E-state index contributed by atoms with van der Waals surface area (Å²) >= 11 is -3.90. The van der Waals surface area contributed by atoms with Crippen LogP contribution in [-0.4, -0.2) is 26.3 Å². The third-order valence-electron chi connectivity index (χ3n) is 5.84. The van der Waals surface area contributed by atoms with Crippen LogP contribution >= 0.6 is 17.2 Å². The Kier molecular flexibility index (Phi) is 6.86. The number of rotatable bonds is 3. The fourth-order valence-electron chi connectivity index (χ4n) is 4.45. The molecule has 0 nitrogen and oxygen atoms in total. The van der Waals surface area contributed by atoms with E-state index in [1.165, 1.54) is 31.2 Å². The van der Waals surface area contributed by atoms with Crippen LogP contribution in [-0.2, 0) is 19.1 Å². The Balaban J connectivity index is 2.22. The summed E-state index contributed by atoms with van der Waals surface area (Å²) in [5, 5.41) is 1.58. The zero-order valence-electron chi connectivity index (χ0n) is 17.4. The van der Waals surface area contributed by atoms with Gasteiger partial charge >= 0.3 is 187 Å². The molecule has 0 heterocycles. The Hall–Kier alpha value is 0.520. The molecule has 0 bridgehead atoms. The number of halogens is 2. The van der Waals surface area contributed by atoms with Gasteiger partial charge in [-0.2, -0.15) is 0 Å². The van der Waals surface area contributed by atoms with Gasteiger partial charge in [0.2, 0.25) is 0 Å². The van der Waals surface area contributed by atoms with Gasteiger partial charge in [0.15, 0.2) is 0 Å². The summed E-state index contributed by atoms with van der Waals surface area (Å²) in [6.45, 7) is 12.0. The Labute approximate surface area is 185 Å². The van der Waals surface area contributed by atoms with E-state index < -0.39 is 41.1 Å². The first kappa shape index (κ1) is 22.2. The molecule has 0 saturated carbocycles. The second kappa shape index (κ2) is 8.34. The van der Waals surface area contributed by atoms with Crippen LogP contribution in [0, 0.1) is 5.92 Å². The third-order valence-corrected chi connectivity index (χ3v) is 18.4. The van der Waals surface area contributed by atoms with Crippen LogP contribution < -0.4 is 0 Å². The van der Waals surface area contributed by atoms with Crippen molar-refractivity contribution in [2.24, 2.45) is 5.92 Å². The van der Waals surface area contributed by atoms with Crippen LogP contribution in [0.15, 0.2) is 66.8 Å². The van der Waals surface area contributed by atoms with Crippen molar-refractivity contribution in [2.75, 3.05) is 0 Å². The Bertz CT molecular complexity index is 901. The van der Waals surface area contributed by atoms with E-state index in [9.17, 15) is 0 Å². The fourth-order valence-corrected chi connectivity index (χ4v) is 15.8.